The first kappa shape index (κ1) is 42.8. The standard InChI is InChI=1S/C33H47N7O10.Co/c1-3-50-33(49)25-8-9-36(2)27(18-25)24-4-6-26(7-5-24)35-28(41)19-34-29(42)20-37-10-12-38(21-30(43)44)14-16-40(23-32(47)48)17-15-39(13-11-37)22-31(45)46;/h4-9,18,27H,3,10-17,19-23H2,1-2H3,(H,34,42)(H,35,41)(H,43,44)(H,45,46)(H,47,48);/i;1-2. The number of carbonyl (C=O) groups is 6. The quantitative estimate of drug-likeness (QED) is 0.147. The zero-order chi connectivity index (χ0) is 36.6. The van der Waals surface area contributed by atoms with Gasteiger partial charge in [0.05, 0.1) is 50.9 Å². The first-order valence-electron chi connectivity index (χ1n) is 16.3. The molecule has 283 valence electrons. The molecule has 3 rings (SSSR count). The third kappa shape index (κ3) is 15.6. The van der Waals surface area contributed by atoms with E-state index in [1.54, 1.807) is 50.9 Å². The van der Waals surface area contributed by atoms with Crippen molar-refractivity contribution in [3.8, 4) is 0 Å². The zero-order valence-corrected chi connectivity index (χ0v) is 29.8. The number of carboxylic acids is 3. The molecular formula is C33H47CoN7O10. The second-order valence-electron chi connectivity index (χ2n) is 12.0. The number of amides is 2. The third-order valence-electron chi connectivity index (χ3n) is 8.13. The van der Waals surface area contributed by atoms with Gasteiger partial charge < -0.3 is 35.6 Å². The molecule has 0 bridgehead atoms. The molecule has 1 aromatic carbocycles. The van der Waals surface area contributed by atoms with Gasteiger partial charge in [0.25, 0.3) is 0 Å². The van der Waals surface area contributed by atoms with Gasteiger partial charge in [-0.3, -0.25) is 43.6 Å². The molecule has 2 aliphatic heterocycles. The summed E-state index contributed by atoms with van der Waals surface area (Å²) in [7, 11) is 1.88. The van der Waals surface area contributed by atoms with Crippen molar-refractivity contribution in [2.45, 2.75) is 13.0 Å². The van der Waals surface area contributed by atoms with Crippen LogP contribution >= 0.6 is 0 Å². The van der Waals surface area contributed by atoms with Crippen molar-refractivity contribution in [2.24, 2.45) is 0 Å². The Labute approximate surface area is 307 Å². The number of ether oxygens (including phenoxy) is 1. The van der Waals surface area contributed by atoms with Crippen molar-refractivity contribution in [1.29, 1.82) is 0 Å². The molecule has 18 heteroatoms. The van der Waals surface area contributed by atoms with Crippen LogP contribution in [0.4, 0.5) is 5.69 Å². The van der Waals surface area contributed by atoms with Crippen LogP contribution < -0.4 is 10.6 Å². The maximum Gasteiger partial charge on any atom is 0.337 e. The van der Waals surface area contributed by atoms with E-state index in [0.29, 0.717) is 11.3 Å². The summed E-state index contributed by atoms with van der Waals surface area (Å²) in [5.41, 5.74) is 1.85. The summed E-state index contributed by atoms with van der Waals surface area (Å²) in [6, 6.07) is 6.89. The number of rotatable bonds is 14. The van der Waals surface area contributed by atoms with Crippen molar-refractivity contribution >= 4 is 41.4 Å². The molecule has 0 spiro atoms. The van der Waals surface area contributed by atoms with E-state index < -0.39 is 35.7 Å². The van der Waals surface area contributed by atoms with E-state index >= 15 is 0 Å². The Kier molecular flexibility index (Phi) is 18.3. The number of esters is 1. The van der Waals surface area contributed by atoms with E-state index in [4.69, 9.17) is 4.74 Å². The van der Waals surface area contributed by atoms with E-state index in [-0.39, 0.29) is 115 Å². The maximum atomic E-state index is 12.9. The van der Waals surface area contributed by atoms with Gasteiger partial charge in [-0.05, 0) is 36.8 Å². The predicted octanol–water partition coefficient (Wildman–Crippen LogP) is -0.796. The number of carbonyl (C=O) groups excluding carboxylic acids is 3. The summed E-state index contributed by atoms with van der Waals surface area (Å²) < 4.78 is 5.10. The van der Waals surface area contributed by atoms with Crippen LogP contribution in [0.1, 0.15) is 18.5 Å². The third-order valence-corrected chi connectivity index (χ3v) is 8.13. The zero-order valence-electron chi connectivity index (χ0n) is 28.8. The molecule has 0 aliphatic carbocycles. The molecule has 5 N–H and O–H groups in total. The first-order chi connectivity index (χ1) is 23.8. The average Bonchev–Trinajstić information content (AvgIpc) is 3.05. The number of carboxylic acid groups (broad SMARTS) is 3. The number of anilines is 1. The van der Waals surface area contributed by atoms with Crippen molar-refractivity contribution in [3.63, 3.8) is 0 Å². The number of benzene rings is 1. The summed E-state index contributed by atoms with van der Waals surface area (Å²) >= 11 is 0. The van der Waals surface area contributed by atoms with Crippen LogP contribution in [-0.2, 0) is 50.3 Å². The Hall–Kier alpha value is -4.33. The maximum absolute atomic E-state index is 12.9. The van der Waals surface area contributed by atoms with E-state index in [0.717, 1.165) is 5.56 Å². The molecule has 1 saturated heterocycles. The summed E-state index contributed by atoms with van der Waals surface area (Å²) in [5, 5.41) is 33.5. The topological polar surface area (TPSA) is 213 Å². The Morgan fingerprint density at radius 2 is 1.18 bits per heavy atom. The van der Waals surface area contributed by atoms with Gasteiger partial charge in [0.15, 0.2) is 0 Å². The predicted molar refractivity (Wildman–Crippen MR) is 181 cm³/mol. The minimum absolute atomic E-state index is 0. The number of aliphatic carboxylic acids is 3. The van der Waals surface area contributed by atoms with E-state index in [1.165, 1.54) is 0 Å². The molecule has 0 saturated carbocycles. The summed E-state index contributed by atoms with van der Waals surface area (Å²) in [5.74, 6) is -4.42. The van der Waals surface area contributed by atoms with Gasteiger partial charge >= 0.3 is 23.9 Å². The molecule has 1 atom stereocenters. The van der Waals surface area contributed by atoms with Crippen molar-refractivity contribution < 1.29 is 65.6 Å². The molecule has 1 aromatic rings. The molecule has 2 amide bonds. The summed E-state index contributed by atoms with van der Waals surface area (Å²) in [6.07, 6.45) is 5.30. The molecule has 0 aromatic heterocycles. The molecule has 51 heavy (non-hydrogen) atoms. The number of nitrogens with zero attached hydrogens (tertiary/aromatic N) is 5. The van der Waals surface area contributed by atoms with Gasteiger partial charge in [0, 0.05) is 88.1 Å². The van der Waals surface area contributed by atoms with Crippen LogP contribution in [0.5, 0.6) is 0 Å². The van der Waals surface area contributed by atoms with Crippen molar-refractivity contribution in [3.05, 3.63) is 53.8 Å². The normalized spacial score (nSPS) is 18.3. The largest absolute Gasteiger partial charge is 0.480 e. The minimum Gasteiger partial charge on any atom is -0.480 e. The fourth-order valence-corrected chi connectivity index (χ4v) is 5.51. The Morgan fingerprint density at radius 1 is 0.725 bits per heavy atom. The van der Waals surface area contributed by atoms with Crippen molar-refractivity contribution in [1.82, 2.24) is 29.8 Å². The Morgan fingerprint density at radius 3 is 1.61 bits per heavy atom. The van der Waals surface area contributed by atoms with Gasteiger partial charge in [-0.15, -0.1) is 0 Å². The molecular weight excluding hydrogens is 711 g/mol. The van der Waals surface area contributed by atoms with Crippen LogP contribution in [0.15, 0.2) is 48.2 Å². The number of nitrogens with one attached hydrogen (secondary N) is 2. The van der Waals surface area contributed by atoms with Crippen LogP contribution in [0, 0.1) is 0 Å². The summed E-state index contributed by atoms with van der Waals surface area (Å²) in [6.45, 7) is 2.95. The molecule has 1 unspecified atom stereocenters. The van der Waals surface area contributed by atoms with E-state index in [2.05, 4.69) is 10.6 Å². The van der Waals surface area contributed by atoms with Gasteiger partial charge in [-0.1, -0.05) is 12.1 Å². The second kappa shape index (κ2) is 21.8. The number of hydrogen-bond acceptors (Lipinski definition) is 12. The monoisotopic (exact) mass is 758 g/mol. The fourth-order valence-electron chi connectivity index (χ4n) is 5.51. The summed E-state index contributed by atoms with van der Waals surface area (Å²) in [4.78, 5) is 80.8. The van der Waals surface area contributed by atoms with E-state index in [1.807, 2.05) is 30.2 Å². The number of likely N-dealkylation sites (N-methyl/N-ethyl adjacent to an activating group) is 1. The smallest absolute Gasteiger partial charge is 0.337 e. The SMILES string of the molecule is CCOC(=O)C1=CC(c2ccc(NC(=O)CNC(=O)CN3CCN(CC(=O)O)CCN(CC(=O)O)CCN(CC(=O)O)CC3)cc2)N(C)C=C1.[57Co]. The average molecular weight is 759 g/mol. The van der Waals surface area contributed by atoms with Crippen LogP contribution in [0.3, 0.4) is 0 Å². The van der Waals surface area contributed by atoms with Crippen molar-refractivity contribution in [2.75, 3.05) is 104 Å². The molecule has 1 radical (unpaired) electrons. The van der Waals surface area contributed by atoms with Crippen LogP contribution in [-0.4, -0.2) is 174 Å². The molecule has 1 fully saturated rings. The Balaban J connectivity index is 0.00000901. The first-order valence-corrected chi connectivity index (χ1v) is 16.3. The molecule has 2 aliphatic rings. The van der Waals surface area contributed by atoms with Gasteiger partial charge in [0.2, 0.25) is 11.8 Å². The van der Waals surface area contributed by atoms with Gasteiger partial charge in [-0.25, -0.2) is 4.79 Å². The van der Waals surface area contributed by atoms with Crippen LogP contribution in [0.2, 0.25) is 0 Å². The van der Waals surface area contributed by atoms with Gasteiger partial charge in [0.1, 0.15) is 0 Å². The van der Waals surface area contributed by atoms with Gasteiger partial charge in [-0.2, -0.15) is 0 Å². The van der Waals surface area contributed by atoms with E-state index in [9.17, 15) is 44.1 Å². The fraction of sp³-hybridized carbons (Fsp3) is 0.515. The molecule has 17 nitrogen and oxygen atoms in total. The minimum atomic E-state index is -1.04. The second-order valence-corrected chi connectivity index (χ2v) is 12.0. The Bertz CT molecular complexity index is 1390. The molecule has 2 heterocycles. The van der Waals surface area contributed by atoms with Crippen LogP contribution in [0.25, 0.3) is 0 Å². The number of hydrogen-bond donors (Lipinski definition) is 5.